The maximum absolute atomic E-state index is 12.1. The first kappa shape index (κ1) is 22.2. The molecule has 6 N–H and O–H groups in total. The van der Waals surface area contributed by atoms with E-state index in [1.165, 1.54) is 0 Å². The van der Waals surface area contributed by atoms with Crippen molar-refractivity contribution >= 4 is 36.4 Å². The lowest BCUT2D eigenvalue weighted by molar-refractivity contribution is -0.142. The van der Waals surface area contributed by atoms with E-state index in [1.54, 1.807) is 0 Å². The first-order valence-corrected chi connectivity index (χ1v) is 8.13. The van der Waals surface area contributed by atoms with E-state index in [9.17, 15) is 19.2 Å². The Morgan fingerprint density at radius 1 is 1.04 bits per heavy atom. The summed E-state index contributed by atoms with van der Waals surface area (Å²) in [6, 6.07) is -3.22. The van der Waals surface area contributed by atoms with Crippen molar-refractivity contribution in [3.05, 3.63) is 0 Å². The average molecular weight is 363 g/mol. The number of thiol groups is 1. The number of amides is 2. The minimum Gasteiger partial charge on any atom is -0.481 e. The van der Waals surface area contributed by atoms with Crippen LogP contribution in [0.5, 0.6) is 0 Å². The van der Waals surface area contributed by atoms with Crippen molar-refractivity contribution in [2.24, 2.45) is 11.7 Å². The monoisotopic (exact) mass is 363 g/mol. The lowest BCUT2D eigenvalue weighted by Crippen LogP contribution is -2.55. The van der Waals surface area contributed by atoms with Crippen LogP contribution in [0.1, 0.15) is 33.1 Å². The lowest BCUT2D eigenvalue weighted by Gasteiger charge is -2.22. The molecule has 9 nitrogen and oxygen atoms in total. The van der Waals surface area contributed by atoms with Crippen LogP contribution in [0.15, 0.2) is 0 Å². The molecule has 0 aromatic rings. The molecule has 138 valence electrons. The third-order valence-electron chi connectivity index (χ3n) is 3.14. The summed E-state index contributed by atoms with van der Waals surface area (Å²) in [5.41, 5.74) is 5.56. The number of hydrogen-bond donors (Lipinski definition) is 6. The van der Waals surface area contributed by atoms with Crippen LogP contribution in [0.3, 0.4) is 0 Å². The second kappa shape index (κ2) is 10.9. The van der Waals surface area contributed by atoms with E-state index < -0.39 is 41.9 Å². The molecule has 0 aliphatic rings. The van der Waals surface area contributed by atoms with Crippen LogP contribution in [0.25, 0.3) is 0 Å². The Labute approximate surface area is 145 Å². The summed E-state index contributed by atoms with van der Waals surface area (Å²) in [5, 5.41) is 22.4. The third kappa shape index (κ3) is 8.73. The summed E-state index contributed by atoms with van der Waals surface area (Å²) in [4.78, 5) is 45.6. The normalized spacial score (nSPS) is 14.5. The van der Waals surface area contributed by atoms with Gasteiger partial charge in [0, 0.05) is 12.2 Å². The molecular formula is C14H25N3O6S. The minimum atomic E-state index is -1.17. The van der Waals surface area contributed by atoms with Crippen LogP contribution >= 0.6 is 12.6 Å². The Balaban J connectivity index is 4.70. The number of rotatable bonds is 11. The molecule has 0 heterocycles. The van der Waals surface area contributed by atoms with Crippen LogP contribution in [-0.4, -0.2) is 57.8 Å². The van der Waals surface area contributed by atoms with Gasteiger partial charge >= 0.3 is 11.9 Å². The molecule has 3 atom stereocenters. The summed E-state index contributed by atoms with van der Waals surface area (Å²) in [6.07, 6.45) is -0.110. The molecule has 0 saturated heterocycles. The van der Waals surface area contributed by atoms with Crippen molar-refractivity contribution in [3.8, 4) is 0 Å². The van der Waals surface area contributed by atoms with Gasteiger partial charge in [0.25, 0.3) is 0 Å². The fourth-order valence-electron chi connectivity index (χ4n) is 1.85. The molecular weight excluding hydrogens is 338 g/mol. The largest absolute Gasteiger partial charge is 0.481 e. The summed E-state index contributed by atoms with van der Waals surface area (Å²) >= 11 is 3.97. The average Bonchev–Trinajstić information content (AvgIpc) is 2.48. The number of carbonyl (C=O) groups is 4. The molecule has 0 saturated carbocycles. The quantitative estimate of drug-likeness (QED) is 0.262. The molecule has 0 bridgehead atoms. The number of nitrogens with two attached hydrogens (primary N) is 1. The molecule has 0 aromatic heterocycles. The molecule has 0 rings (SSSR count). The van der Waals surface area contributed by atoms with Crippen LogP contribution in [0.4, 0.5) is 0 Å². The highest BCUT2D eigenvalue weighted by molar-refractivity contribution is 7.80. The van der Waals surface area contributed by atoms with Gasteiger partial charge in [-0.2, -0.15) is 12.6 Å². The van der Waals surface area contributed by atoms with Gasteiger partial charge in [0.2, 0.25) is 11.8 Å². The molecule has 0 aromatic carbocycles. The summed E-state index contributed by atoms with van der Waals surface area (Å²) in [7, 11) is 0. The van der Waals surface area contributed by atoms with Crippen LogP contribution < -0.4 is 16.4 Å². The van der Waals surface area contributed by atoms with Crippen molar-refractivity contribution in [3.63, 3.8) is 0 Å². The van der Waals surface area contributed by atoms with E-state index in [-0.39, 0.29) is 30.9 Å². The van der Waals surface area contributed by atoms with E-state index in [0.29, 0.717) is 0 Å². The molecule has 10 heteroatoms. The molecule has 2 amide bonds. The first-order valence-electron chi connectivity index (χ1n) is 7.50. The smallest absolute Gasteiger partial charge is 0.326 e. The third-order valence-corrected chi connectivity index (χ3v) is 3.51. The van der Waals surface area contributed by atoms with Gasteiger partial charge in [-0.15, -0.1) is 0 Å². The maximum Gasteiger partial charge on any atom is 0.326 e. The van der Waals surface area contributed by atoms with E-state index >= 15 is 0 Å². The van der Waals surface area contributed by atoms with Crippen molar-refractivity contribution in [2.45, 2.75) is 51.2 Å². The Morgan fingerprint density at radius 3 is 2.00 bits per heavy atom. The zero-order chi connectivity index (χ0) is 18.9. The van der Waals surface area contributed by atoms with Gasteiger partial charge in [0.1, 0.15) is 12.1 Å². The molecule has 0 radical (unpaired) electrons. The summed E-state index contributed by atoms with van der Waals surface area (Å²) < 4.78 is 0. The Kier molecular flexibility index (Phi) is 10.0. The Bertz CT molecular complexity index is 471. The topological polar surface area (TPSA) is 159 Å². The van der Waals surface area contributed by atoms with Crippen LogP contribution in [0.2, 0.25) is 0 Å². The van der Waals surface area contributed by atoms with E-state index in [1.807, 2.05) is 13.8 Å². The number of hydrogen-bond acceptors (Lipinski definition) is 6. The maximum atomic E-state index is 12.1. The highest BCUT2D eigenvalue weighted by Crippen LogP contribution is 2.06. The lowest BCUT2D eigenvalue weighted by atomic mass is 10.0. The van der Waals surface area contributed by atoms with Gasteiger partial charge in [-0.25, -0.2) is 4.79 Å². The van der Waals surface area contributed by atoms with Gasteiger partial charge in [-0.05, 0) is 18.8 Å². The highest BCUT2D eigenvalue weighted by atomic mass is 32.1. The van der Waals surface area contributed by atoms with Gasteiger partial charge in [0.05, 0.1) is 6.04 Å². The Hall–Kier alpha value is -1.81. The van der Waals surface area contributed by atoms with Crippen molar-refractivity contribution < 1.29 is 29.4 Å². The van der Waals surface area contributed by atoms with Gasteiger partial charge in [-0.1, -0.05) is 13.8 Å². The van der Waals surface area contributed by atoms with E-state index in [2.05, 4.69) is 23.3 Å². The molecule has 0 spiro atoms. The summed E-state index contributed by atoms with van der Waals surface area (Å²) in [6.45, 7) is 3.64. The van der Waals surface area contributed by atoms with Crippen LogP contribution in [0, 0.1) is 5.92 Å². The Morgan fingerprint density at radius 2 is 1.58 bits per heavy atom. The fourth-order valence-corrected chi connectivity index (χ4v) is 2.11. The number of carboxylic acids is 2. The van der Waals surface area contributed by atoms with Gasteiger partial charge in [-0.3, -0.25) is 14.4 Å². The minimum absolute atomic E-state index is 0.0554. The predicted molar refractivity (Wildman–Crippen MR) is 89.7 cm³/mol. The molecule has 24 heavy (non-hydrogen) atoms. The van der Waals surface area contributed by atoms with Crippen molar-refractivity contribution in [1.82, 2.24) is 10.6 Å². The second-order valence-electron chi connectivity index (χ2n) is 5.81. The van der Waals surface area contributed by atoms with Gasteiger partial charge in [0.15, 0.2) is 0 Å². The number of carboxylic acid groups (broad SMARTS) is 2. The molecule has 0 fully saturated rings. The van der Waals surface area contributed by atoms with Crippen molar-refractivity contribution in [1.29, 1.82) is 0 Å². The summed E-state index contributed by atoms with van der Waals surface area (Å²) in [5.74, 6) is -3.63. The van der Waals surface area contributed by atoms with Crippen LogP contribution in [-0.2, 0) is 19.2 Å². The van der Waals surface area contributed by atoms with E-state index in [4.69, 9.17) is 15.9 Å². The fraction of sp³-hybridized carbons (Fsp3) is 0.714. The zero-order valence-electron chi connectivity index (χ0n) is 13.7. The number of nitrogens with one attached hydrogen (secondary N) is 2. The standard InChI is InChI=1S/C14H25N3O6S/c1-7(2)5-9(14(22)23)16-13(21)10(6-24)17-12(20)8(15)3-4-11(18)19/h7-10,24H,3-6,15H2,1-2H3,(H,16,21)(H,17,20)(H,18,19)(H,22,23). The first-order chi connectivity index (χ1) is 11.1. The van der Waals surface area contributed by atoms with E-state index in [0.717, 1.165) is 0 Å². The predicted octanol–water partition coefficient (Wildman–Crippen LogP) is -0.791. The SMILES string of the molecule is CC(C)CC(NC(=O)C(CS)NC(=O)C(N)CCC(=O)O)C(=O)O. The molecule has 0 aliphatic carbocycles. The zero-order valence-corrected chi connectivity index (χ0v) is 14.6. The highest BCUT2D eigenvalue weighted by Gasteiger charge is 2.27. The number of aliphatic carboxylic acids is 2. The second-order valence-corrected chi connectivity index (χ2v) is 6.18. The molecule has 0 aliphatic heterocycles. The van der Waals surface area contributed by atoms with Crippen molar-refractivity contribution in [2.75, 3.05) is 5.75 Å². The molecule has 3 unspecified atom stereocenters. The number of carbonyl (C=O) groups excluding carboxylic acids is 2. The van der Waals surface area contributed by atoms with Gasteiger partial charge < -0.3 is 26.6 Å².